The second kappa shape index (κ2) is 10.1. The van der Waals surface area contributed by atoms with Crippen LogP contribution in [0.5, 0.6) is 0 Å². The number of amides is 2. The van der Waals surface area contributed by atoms with Gasteiger partial charge in [0, 0.05) is 28.7 Å². The van der Waals surface area contributed by atoms with E-state index in [1.165, 1.54) is 6.07 Å². The maximum absolute atomic E-state index is 15.8. The Labute approximate surface area is 232 Å². The molecule has 6 nitrogen and oxygen atoms in total. The van der Waals surface area contributed by atoms with Gasteiger partial charge in [0.25, 0.3) is 0 Å². The number of fused-ring (bicyclic) bond motifs is 2. The van der Waals surface area contributed by atoms with Gasteiger partial charge >= 0.3 is 0 Å². The smallest absolute Gasteiger partial charge is 0.238 e. The van der Waals surface area contributed by atoms with E-state index in [0.717, 1.165) is 0 Å². The Morgan fingerprint density at radius 2 is 1.87 bits per heavy atom. The summed E-state index contributed by atoms with van der Waals surface area (Å²) in [6.45, 7) is 6.23. The molecule has 0 bridgehead atoms. The molecule has 2 aromatic carbocycles. The van der Waals surface area contributed by atoms with E-state index in [4.69, 9.17) is 23.2 Å². The Morgan fingerprint density at radius 3 is 2.55 bits per heavy atom. The van der Waals surface area contributed by atoms with Crippen molar-refractivity contribution in [1.29, 1.82) is 0 Å². The van der Waals surface area contributed by atoms with Crippen LogP contribution in [0.4, 0.5) is 10.1 Å². The number of nitrogens with one attached hydrogen (secondary N) is 3. The molecule has 4 atom stereocenters. The Morgan fingerprint density at radius 1 is 1.16 bits per heavy atom. The zero-order valence-corrected chi connectivity index (χ0v) is 23.3. The van der Waals surface area contributed by atoms with E-state index in [-0.39, 0.29) is 40.0 Å². The average Bonchev–Trinajstić information content (AvgIpc) is 3.31. The monoisotopic (exact) mass is 561 g/mol. The van der Waals surface area contributed by atoms with Gasteiger partial charge in [0.1, 0.15) is 11.2 Å². The van der Waals surface area contributed by atoms with Crippen molar-refractivity contribution in [2.45, 2.75) is 88.4 Å². The number of halogens is 3. The average molecular weight is 563 g/mol. The van der Waals surface area contributed by atoms with Gasteiger partial charge in [0.15, 0.2) is 0 Å². The van der Waals surface area contributed by atoms with Crippen LogP contribution < -0.4 is 16.0 Å². The Hall–Kier alpha value is -2.19. The van der Waals surface area contributed by atoms with Gasteiger partial charge in [-0.1, -0.05) is 62.2 Å². The number of benzene rings is 2. The van der Waals surface area contributed by atoms with E-state index in [1.54, 1.807) is 24.3 Å². The molecule has 1 aliphatic carbocycles. The molecule has 204 valence electrons. The van der Waals surface area contributed by atoms with Crippen LogP contribution in [0, 0.1) is 11.2 Å². The molecule has 1 unspecified atom stereocenters. The van der Waals surface area contributed by atoms with Crippen molar-refractivity contribution < 1.29 is 19.1 Å². The molecule has 5 rings (SSSR count). The van der Waals surface area contributed by atoms with E-state index < -0.39 is 29.2 Å². The summed E-state index contributed by atoms with van der Waals surface area (Å²) in [4.78, 5) is 28.1. The minimum absolute atomic E-state index is 0.0629. The molecule has 1 saturated carbocycles. The molecule has 1 saturated heterocycles. The van der Waals surface area contributed by atoms with E-state index in [1.807, 2.05) is 6.07 Å². The summed E-state index contributed by atoms with van der Waals surface area (Å²) in [6, 6.07) is 8.50. The van der Waals surface area contributed by atoms with E-state index in [9.17, 15) is 14.7 Å². The summed E-state index contributed by atoms with van der Waals surface area (Å²) in [5, 5.41) is 19.9. The van der Waals surface area contributed by atoms with Gasteiger partial charge in [-0.3, -0.25) is 9.59 Å². The fourth-order valence-electron chi connectivity index (χ4n) is 6.66. The lowest BCUT2D eigenvalue weighted by atomic mass is 9.62. The number of aliphatic hydroxyl groups is 1. The van der Waals surface area contributed by atoms with Crippen molar-refractivity contribution in [2.75, 3.05) is 5.32 Å². The molecule has 0 aromatic heterocycles. The molecule has 9 heteroatoms. The molecule has 4 N–H and O–H groups in total. The first-order valence-electron chi connectivity index (χ1n) is 13.2. The molecule has 2 aromatic rings. The summed E-state index contributed by atoms with van der Waals surface area (Å²) in [6.07, 6.45) is 2.75. The highest BCUT2D eigenvalue weighted by Gasteiger charge is 2.66. The van der Waals surface area contributed by atoms with Crippen LogP contribution in [0.25, 0.3) is 0 Å². The molecular formula is C29H34Cl2FN3O3. The molecule has 3 aliphatic rings. The number of carbonyl (C=O) groups is 2. The van der Waals surface area contributed by atoms with Gasteiger partial charge in [-0.15, -0.1) is 0 Å². The Balaban J connectivity index is 1.67. The quantitative estimate of drug-likeness (QED) is 0.407. The first kappa shape index (κ1) is 27.4. The fraction of sp³-hybridized carbons (Fsp3) is 0.517. The van der Waals surface area contributed by atoms with Crippen LogP contribution in [0.15, 0.2) is 36.4 Å². The summed E-state index contributed by atoms with van der Waals surface area (Å²) in [5.41, 5.74) is -0.00278. The summed E-state index contributed by atoms with van der Waals surface area (Å²) >= 11 is 12.5. The standard InChI is InChI=1S/C29H34Cl2FN3O3/c1-28(2,3)14-22-29(19-12-7-15(30)13-21(19)34-27(29)38)23(18-5-4-6-20(31)24(18)32)25(35-22)26(37)33-16-8-10-17(36)11-9-16/h4-7,12-13,16-17,22-23,25,35-36H,8-11,14H2,1-3H3,(H,33,37)(H,34,38)/t16?,17?,22-,23?,25+,29-/m0/s1. The summed E-state index contributed by atoms with van der Waals surface area (Å²) in [5.74, 6) is -2.09. The largest absolute Gasteiger partial charge is 0.393 e. The third-order valence-corrected chi connectivity index (χ3v) is 8.79. The number of hydrogen-bond donors (Lipinski definition) is 4. The van der Waals surface area contributed by atoms with Crippen molar-refractivity contribution in [3.63, 3.8) is 0 Å². The fourth-order valence-corrected chi connectivity index (χ4v) is 7.02. The molecule has 2 fully saturated rings. The van der Waals surface area contributed by atoms with E-state index in [0.29, 0.717) is 48.4 Å². The molecule has 2 amide bonds. The number of anilines is 1. The van der Waals surface area contributed by atoms with Crippen LogP contribution >= 0.6 is 23.2 Å². The molecular weight excluding hydrogens is 528 g/mol. The maximum atomic E-state index is 15.8. The van der Waals surface area contributed by atoms with Crippen molar-refractivity contribution in [2.24, 2.45) is 5.41 Å². The van der Waals surface area contributed by atoms with Gasteiger partial charge in [0.2, 0.25) is 11.8 Å². The molecule has 2 aliphatic heterocycles. The minimum Gasteiger partial charge on any atom is -0.393 e. The van der Waals surface area contributed by atoms with Gasteiger partial charge in [-0.05, 0) is 66.8 Å². The molecule has 0 radical (unpaired) electrons. The van der Waals surface area contributed by atoms with E-state index in [2.05, 4.69) is 36.7 Å². The Bertz CT molecular complexity index is 1260. The van der Waals surface area contributed by atoms with Crippen molar-refractivity contribution in [3.05, 3.63) is 63.4 Å². The summed E-state index contributed by atoms with van der Waals surface area (Å²) < 4.78 is 15.8. The Kier molecular flexibility index (Phi) is 7.27. The zero-order chi connectivity index (χ0) is 27.4. The van der Waals surface area contributed by atoms with Gasteiger partial charge in [-0.25, -0.2) is 4.39 Å². The normalized spacial score (nSPS) is 30.8. The molecule has 1 spiro atoms. The van der Waals surface area contributed by atoms with Gasteiger partial charge < -0.3 is 21.1 Å². The third-order valence-electron chi connectivity index (χ3n) is 8.26. The second-order valence-corrected chi connectivity index (χ2v) is 13.0. The molecule has 2 heterocycles. The number of carbonyl (C=O) groups excluding carboxylic acids is 2. The number of rotatable bonds is 4. The predicted octanol–water partition coefficient (Wildman–Crippen LogP) is 5.30. The van der Waals surface area contributed by atoms with Gasteiger partial charge in [-0.2, -0.15) is 0 Å². The van der Waals surface area contributed by atoms with E-state index >= 15 is 4.39 Å². The van der Waals surface area contributed by atoms with Crippen molar-refractivity contribution in [3.8, 4) is 0 Å². The predicted molar refractivity (Wildman–Crippen MR) is 147 cm³/mol. The highest BCUT2D eigenvalue weighted by Crippen LogP contribution is 2.57. The van der Waals surface area contributed by atoms with Gasteiger partial charge in [0.05, 0.1) is 17.2 Å². The lowest BCUT2D eigenvalue weighted by molar-refractivity contribution is -0.124. The maximum Gasteiger partial charge on any atom is 0.238 e. The SMILES string of the molecule is CC(C)(C)C[C@@H]1N[C@@H](C(=O)NC2CCC(O)CC2)C(c2cccc(Cl)c2F)[C@@]12C(=O)Nc1cc(Cl)ccc12. The highest BCUT2D eigenvalue weighted by molar-refractivity contribution is 6.31. The van der Waals surface area contributed by atoms with Crippen LogP contribution in [0.1, 0.15) is 69.9 Å². The van der Waals surface area contributed by atoms with Crippen molar-refractivity contribution in [1.82, 2.24) is 10.6 Å². The lowest BCUT2D eigenvalue weighted by Crippen LogP contribution is -2.50. The van der Waals surface area contributed by atoms with Crippen LogP contribution in [-0.2, 0) is 15.0 Å². The zero-order valence-electron chi connectivity index (χ0n) is 21.8. The molecule has 38 heavy (non-hydrogen) atoms. The third kappa shape index (κ3) is 4.72. The number of aliphatic hydroxyl groups excluding tert-OH is 1. The number of hydrogen-bond acceptors (Lipinski definition) is 4. The van der Waals surface area contributed by atoms with Crippen LogP contribution in [-0.4, -0.2) is 41.2 Å². The summed E-state index contributed by atoms with van der Waals surface area (Å²) in [7, 11) is 0. The first-order chi connectivity index (χ1) is 17.9. The lowest BCUT2D eigenvalue weighted by Gasteiger charge is -2.38. The van der Waals surface area contributed by atoms with Crippen molar-refractivity contribution >= 4 is 40.7 Å². The second-order valence-electron chi connectivity index (χ2n) is 12.1. The topological polar surface area (TPSA) is 90.5 Å². The van der Waals surface area contributed by atoms with Crippen LogP contribution in [0.3, 0.4) is 0 Å². The highest BCUT2D eigenvalue weighted by atomic mass is 35.5. The minimum atomic E-state index is -1.27. The first-order valence-corrected chi connectivity index (χ1v) is 14.0. The van der Waals surface area contributed by atoms with Crippen LogP contribution in [0.2, 0.25) is 10.0 Å².